The highest BCUT2D eigenvalue weighted by Gasteiger charge is 2.44. The summed E-state index contributed by atoms with van der Waals surface area (Å²) >= 11 is 5.85. The van der Waals surface area contributed by atoms with Gasteiger partial charge in [0, 0.05) is 10.7 Å². The zero-order chi connectivity index (χ0) is 15.9. The van der Waals surface area contributed by atoms with Gasteiger partial charge < -0.3 is 5.32 Å². The first kappa shape index (κ1) is 15.8. The molecule has 114 valence electrons. The van der Waals surface area contributed by atoms with Crippen LogP contribution in [0.2, 0.25) is 5.02 Å². The van der Waals surface area contributed by atoms with Gasteiger partial charge in [0.15, 0.2) is 0 Å². The number of carbonyl (C=O) groups is 2. The molecule has 1 fully saturated rings. The Morgan fingerprint density at radius 2 is 1.86 bits per heavy atom. The van der Waals surface area contributed by atoms with Crippen LogP contribution in [0.1, 0.15) is 27.7 Å². The number of nitrogens with one attached hydrogen (secondary N) is 1. The number of nitrogens with zero attached hydrogens (tertiary/aromatic N) is 1. The van der Waals surface area contributed by atoms with Crippen LogP contribution in [0.25, 0.3) is 0 Å². The number of hydrogen-bond acceptors (Lipinski definition) is 2. The normalized spacial score (nSPS) is 23.2. The Labute approximate surface area is 128 Å². The van der Waals surface area contributed by atoms with Crippen molar-refractivity contribution in [1.82, 2.24) is 5.32 Å². The summed E-state index contributed by atoms with van der Waals surface area (Å²) in [6.45, 7) is 7.19. The molecule has 0 radical (unpaired) electrons. The van der Waals surface area contributed by atoms with E-state index >= 15 is 0 Å². The van der Waals surface area contributed by atoms with Crippen molar-refractivity contribution in [2.75, 3.05) is 4.90 Å². The Kier molecular flexibility index (Phi) is 3.97. The number of hydrogen-bond donors (Lipinski definition) is 1. The number of piperazine rings is 1. The fourth-order valence-corrected chi connectivity index (χ4v) is 2.60. The second-order valence-corrected chi connectivity index (χ2v) is 6.76. The van der Waals surface area contributed by atoms with E-state index < -0.39 is 23.3 Å². The summed E-state index contributed by atoms with van der Waals surface area (Å²) in [6, 6.07) is 2.47. The van der Waals surface area contributed by atoms with Gasteiger partial charge in [-0.2, -0.15) is 0 Å². The van der Waals surface area contributed by atoms with E-state index in [1.165, 1.54) is 17.0 Å². The Hall–Kier alpha value is -1.62. The van der Waals surface area contributed by atoms with Crippen LogP contribution in [-0.4, -0.2) is 23.9 Å². The summed E-state index contributed by atoms with van der Waals surface area (Å²) in [4.78, 5) is 26.1. The van der Waals surface area contributed by atoms with Crippen LogP contribution in [0.5, 0.6) is 0 Å². The molecule has 4 nitrogen and oxygen atoms in total. The Bertz CT molecular complexity index is 578. The zero-order valence-electron chi connectivity index (χ0n) is 12.4. The number of rotatable bonds is 1. The lowest BCUT2D eigenvalue weighted by atomic mass is 9.84. The minimum atomic E-state index is -0.714. The van der Waals surface area contributed by atoms with Gasteiger partial charge in [-0.1, -0.05) is 32.4 Å². The number of carbonyl (C=O) groups excluding carboxylic acids is 2. The predicted octanol–water partition coefficient (Wildman–Crippen LogP) is 2.75. The molecule has 0 aliphatic carbocycles. The molecular weight excluding hydrogens is 295 g/mol. The topological polar surface area (TPSA) is 49.4 Å². The highest BCUT2D eigenvalue weighted by Crippen LogP contribution is 2.30. The molecule has 6 heteroatoms. The number of amides is 2. The van der Waals surface area contributed by atoms with Gasteiger partial charge in [0.05, 0.1) is 0 Å². The molecule has 2 rings (SSSR count). The van der Waals surface area contributed by atoms with Gasteiger partial charge in [-0.3, -0.25) is 14.5 Å². The Morgan fingerprint density at radius 1 is 1.24 bits per heavy atom. The molecular formula is C15H18ClFN2O2. The van der Waals surface area contributed by atoms with E-state index in [4.69, 9.17) is 11.6 Å². The molecule has 2 atom stereocenters. The predicted molar refractivity (Wildman–Crippen MR) is 79.7 cm³/mol. The molecule has 1 N–H and O–H groups in total. The molecule has 1 aliphatic heterocycles. The van der Waals surface area contributed by atoms with Gasteiger partial charge in [0.1, 0.15) is 17.9 Å². The van der Waals surface area contributed by atoms with Gasteiger partial charge in [0.2, 0.25) is 5.91 Å². The first-order chi connectivity index (χ1) is 9.61. The van der Waals surface area contributed by atoms with E-state index in [1.807, 2.05) is 20.8 Å². The van der Waals surface area contributed by atoms with Gasteiger partial charge in [0.25, 0.3) is 5.91 Å². The van der Waals surface area contributed by atoms with E-state index in [1.54, 1.807) is 6.92 Å². The quantitative estimate of drug-likeness (QED) is 0.867. The fraction of sp³-hybridized carbons (Fsp3) is 0.467. The monoisotopic (exact) mass is 312 g/mol. The van der Waals surface area contributed by atoms with Crippen LogP contribution in [0.3, 0.4) is 0 Å². The molecule has 1 aromatic carbocycles. The maximum atomic E-state index is 13.5. The highest BCUT2D eigenvalue weighted by atomic mass is 35.5. The van der Waals surface area contributed by atoms with E-state index in [2.05, 4.69) is 5.32 Å². The van der Waals surface area contributed by atoms with Gasteiger partial charge in [-0.25, -0.2) is 4.39 Å². The smallest absolute Gasteiger partial charge is 0.250 e. The lowest BCUT2D eigenvalue weighted by Gasteiger charge is -2.42. The van der Waals surface area contributed by atoms with Crippen molar-refractivity contribution < 1.29 is 14.0 Å². The van der Waals surface area contributed by atoms with Crippen molar-refractivity contribution in [3.05, 3.63) is 29.0 Å². The van der Waals surface area contributed by atoms with Crippen LogP contribution in [-0.2, 0) is 9.59 Å². The molecule has 0 saturated carbocycles. The van der Waals surface area contributed by atoms with E-state index in [0.29, 0.717) is 5.69 Å². The molecule has 1 saturated heterocycles. The first-order valence-corrected chi connectivity index (χ1v) is 7.08. The van der Waals surface area contributed by atoms with Crippen LogP contribution < -0.4 is 10.2 Å². The van der Waals surface area contributed by atoms with Crippen molar-refractivity contribution in [2.24, 2.45) is 5.41 Å². The third kappa shape index (κ3) is 3.02. The van der Waals surface area contributed by atoms with Crippen LogP contribution in [0.4, 0.5) is 10.1 Å². The standard InChI is InChI=1S/C15H18ClFN2O2/c1-8-13(20)18-12(15(2,3)4)14(21)19(8)11-6-9(16)5-10(17)7-11/h5-8,12H,1-4H3,(H,18,20). The third-order valence-corrected chi connectivity index (χ3v) is 3.75. The maximum Gasteiger partial charge on any atom is 0.250 e. The van der Waals surface area contributed by atoms with Crippen molar-refractivity contribution in [1.29, 1.82) is 0 Å². The van der Waals surface area contributed by atoms with E-state index in [-0.39, 0.29) is 16.8 Å². The van der Waals surface area contributed by atoms with Crippen molar-refractivity contribution in [3.8, 4) is 0 Å². The lowest BCUT2D eigenvalue weighted by Crippen LogP contribution is -2.66. The molecule has 21 heavy (non-hydrogen) atoms. The third-order valence-electron chi connectivity index (χ3n) is 3.53. The van der Waals surface area contributed by atoms with Crippen molar-refractivity contribution in [2.45, 2.75) is 39.8 Å². The van der Waals surface area contributed by atoms with Crippen LogP contribution in [0.15, 0.2) is 18.2 Å². The number of anilines is 1. The number of benzene rings is 1. The summed E-state index contributed by atoms with van der Waals surface area (Å²) in [5, 5.41) is 2.91. The zero-order valence-corrected chi connectivity index (χ0v) is 13.2. The molecule has 0 aromatic heterocycles. The SMILES string of the molecule is CC1C(=O)NC(C(C)(C)C)C(=O)N1c1cc(F)cc(Cl)c1. The second kappa shape index (κ2) is 5.30. The summed E-state index contributed by atoms with van der Waals surface area (Å²) in [6.07, 6.45) is 0. The summed E-state index contributed by atoms with van der Waals surface area (Å²) in [5.41, 5.74) is -0.149. The van der Waals surface area contributed by atoms with Crippen LogP contribution in [0, 0.1) is 11.2 Å². The van der Waals surface area contributed by atoms with Gasteiger partial charge >= 0.3 is 0 Å². The average Bonchev–Trinajstić information content (AvgIpc) is 2.31. The molecule has 2 unspecified atom stereocenters. The minimum Gasteiger partial charge on any atom is -0.342 e. The molecule has 0 bridgehead atoms. The van der Waals surface area contributed by atoms with Crippen molar-refractivity contribution >= 4 is 29.1 Å². The molecule has 0 spiro atoms. The fourth-order valence-electron chi connectivity index (χ4n) is 2.39. The Morgan fingerprint density at radius 3 is 2.38 bits per heavy atom. The van der Waals surface area contributed by atoms with E-state index in [0.717, 1.165) is 6.07 Å². The summed E-state index contributed by atoms with van der Waals surface area (Å²) < 4.78 is 13.5. The Balaban J connectivity index is 2.48. The summed E-state index contributed by atoms with van der Waals surface area (Å²) in [5.74, 6) is -1.08. The molecule has 2 amide bonds. The van der Waals surface area contributed by atoms with Gasteiger partial charge in [-0.05, 0) is 30.5 Å². The highest BCUT2D eigenvalue weighted by molar-refractivity contribution is 6.31. The molecule has 1 aliphatic rings. The van der Waals surface area contributed by atoms with E-state index in [9.17, 15) is 14.0 Å². The van der Waals surface area contributed by atoms with Gasteiger partial charge in [-0.15, -0.1) is 0 Å². The second-order valence-electron chi connectivity index (χ2n) is 6.32. The molecule has 1 heterocycles. The first-order valence-electron chi connectivity index (χ1n) is 6.71. The number of halogens is 2. The van der Waals surface area contributed by atoms with Crippen LogP contribution >= 0.6 is 11.6 Å². The van der Waals surface area contributed by atoms with Crippen molar-refractivity contribution in [3.63, 3.8) is 0 Å². The summed E-state index contributed by atoms with van der Waals surface area (Å²) in [7, 11) is 0. The largest absolute Gasteiger partial charge is 0.342 e. The maximum absolute atomic E-state index is 13.5. The molecule has 1 aromatic rings. The average molecular weight is 313 g/mol. The minimum absolute atomic E-state index is 0.184. The lowest BCUT2D eigenvalue weighted by molar-refractivity contribution is -0.136.